The summed E-state index contributed by atoms with van der Waals surface area (Å²) in [7, 11) is 0. The van der Waals surface area contributed by atoms with Gasteiger partial charge in [-0.1, -0.05) is 13.8 Å². The van der Waals surface area contributed by atoms with E-state index >= 15 is 0 Å². The normalized spacial score (nSPS) is 12.2. The maximum absolute atomic E-state index is 3.80. The van der Waals surface area contributed by atoms with Gasteiger partial charge in [0.1, 0.15) is 0 Å². The molecule has 0 saturated heterocycles. The van der Waals surface area contributed by atoms with E-state index in [-0.39, 0.29) is 0 Å². The van der Waals surface area contributed by atoms with E-state index in [1.807, 2.05) is 6.92 Å². The predicted octanol–water partition coefficient (Wildman–Crippen LogP) is 2.11. The second kappa shape index (κ2) is 4.24. The molecule has 0 amide bonds. The minimum absolute atomic E-state index is 0.662. The van der Waals surface area contributed by atoms with Crippen LogP contribution >= 0.6 is 0 Å². The summed E-state index contributed by atoms with van der Waals surface area (Å²) in [6.45, 7) is 9.55. The van der Waals surface area contributed by atoms with Gasteiger partial charge in [0, 0.05) is 12.4 Å². The summed E-state index contributed by atoms with van der Waals surface area (Å²) in [6, 6.07) is 0. The fraction of sp³-hybridized carbons (Fsp3) is 0.714. The van der Waals surface area contributed by atoms with Crippen molar-refractivity contribution in [1.29, 1.82) is 0 Å². The van der Waals surface area contributed by atoms with Gasteiger partial charge in [-0.05, 0) is 19.3 Å². The quantitative estimate of drug-likeness (QED) is 0.408. The van der Waals surface area contributed by atoms with Crippen molar-refractivity contribution in [3.63, 3.8) is 0 Å². The summed E-state index contributed by atoms with van der Waals surface area (Å²) in [5.41, 5.74) is 1.06. The SMILES string of the molecule is C=N/N=C(\C)CC(C)C. The van der Waals surface area contributed by atoms with Crippen molar-refractivity contribution in [2.75, 3.05) is 0 Å². The number of nitrogens with zero attached hydrogens (tertiary/aromatic N) is 2. The largest absolute Gasteiger partial charge is 0.167 e. The average molecular weight is 126 g/mol. The Kier molecular flexibility index (Phi) is 3.93. The molecule has 0 atom stereocenters. The van der Waals surface area contributed by atoms with Crippen molar-refractivity contribution in [3.05, 3.63) is 0 Å². The Labute approximate surface area is 56.7 Å². The molecule has 2 heteroatoms. The molecule has 0 aliphatic carbocycles. The highest BCUT2D eigenvalue weighted by Crippen LogP contribution is 2.00. The molecule has 0 fully saturated rings. The second-order valence-electron chi connectivity index (χ2n) is 2.57. The van der Waals surface area contributed by atoms with Gasteiger partial charge >= 0.3 is 0 Å². The van der Waals surface area contributed by atoms with Crippen LogP contribution in [0.4, 0.5) is 0 Å². The van der Waals surface area contributed by atoms with Crippen LogP contribution in [0.5, 0.6) is 0 Å². The molecule has 52 valence electrons. The van der Waals surface area contributed by atoms with Crippen LogP contribution in [-0.2, 0) is 0 Å². The van der Waals surface area contributed by atoms with Gasteiger partial charge in [0.25, 0.3) is 0 Å². The van der Waals surface area contributed by atoms with Gasteiger partial charge in [0.15, 0.2) is 0 Å². The van der Waals surface area contributed by atoms with Crippen molar-refractivity contribution in [1.82, 2.24) is 0 Å². The van der Waals surface area contributed by atoms with E-state index < -0.39 is 0 Å². The molecule has 0 aliphatic heterocycles. The van der Waals surface area contributed by atoms with Crippen LogP contribution < -0.4 is 0 Å². The molecule has 0 spiro atoms. The molecular formula is C7H14N2. The molecule has 0 bridgehead atoms. The highest BCUT2D eigenvalue weighted by Gasteiger charge is 1.94. The number of hydrogen-bond donors (Lipinski definition) is 0. The second-order valence-corrected chi connectivity index (χ2v) is 2.57. The lowest BCUT2D eigenvalue weighted by molar-refractivity contribution is 0.681. The van der Waals surface area contributed by atoms with Crippen molar-refractivity contribution in [2.24, 2.45) is 16.1 Å². The third kappa shape index (κ3) is 5.21. The fourth-order valence-corrected chi connectivity index (χ4v) is 0.752. The number of hydrogen-bond acceptors (Lipinski definition) is 2. The van der Waals surface area contributed by atoms with Crippen LogP contribution in [0.25, 0.3) is 0 Å². The van der Waals surface area contributed by atoms with E-state index in [2.05, 4.69) is 30.8 Å². The summed E-state index contributed by atoms with van der Waals surface area (Å²) in [4.78, 5) is 0. The van der Waals surface area contributed by atoms with Gasteiger partial charge in [-0.3, -0.25) is 0 Å². The van der Waals surface area contributed by atoms with Crippen LogP contribution in [0, 0.1) is 5.92 Å². The van der Waals surface area contributed by atoms with Crippen molar-refractivity contribution >= 4 is 12.4 Å². The van der Waals surface area contributed by atoms with E-state index in [1.54, 1.807) is 0 Å². The summed E-state index contributed by atoms with van der Waals surface area (Å²) in [6.07, 6.45) is 1.01. The van der Waals surface area contributed by atoms with Gasteiger partial charge in [0.2, 0.25) is 0 Å². The average Bonchev–Trinajstić information content (AvgIpc) is 1.63. The van der Waals surface area contributed by atoms with Crippen LogP contribution in [0.3, 0.4) is 0 Å². The molecule has 0 N–H and O–H groups in total. The highest BCUT2D eigenvalue weighted by atomic mass is 15.2. The first kappa shape index (κ1) is 8.34. The van der Waals surface area contributed by atoms with E-state index in [0.717, 1.165) is 12.1 Å². The van der Waals surface area contributed by atoms with E-state index in [1.165, 1.54) is 0 Å². The third-order valence-electron chi connectivity index (χ3n) is 0.945. The maximum atomic E-state index is 3.80. The zero-order chi connectivity index (χ0) is 7.28. The van der Waals surface area contributed by atoms with Gasteiger partial charge in [0.05, 0.1) is 0 Å². The molecule has 0 unspecified atom stereocenters. The summed E-state index contributed by atoms with van der Waals surface area (Å²) in [5.74, 6) is 0.662. The maximum Gasteiger partial charge on any atom is 0.0377 e. The van der Waals surface area contributed by atoms with Crippen LogP contribution in [0.1, 0.15) is 27.2 Å². The molecule has 0 aromatic heterocycles. The number of rotatable bonds is 3. The van der Waals surface area contributed by atoms with Gasteiger partial charge < -0.3 is 0 Å². The molecule has 0 aromatic carbocycles. The molecule has 0 aromatic rings. The molecule has 0 rings (SSSR count). The van der Waals surface area contributed by atoms with Crippen molar-refractivity contribution in [3.8, 4) is 0 Å². The topological polar surface area (TPSA) is 24.7 Å². The molecule has 0 radical (unpaired) electrons. The summed E-state index contributed by atoms with van der Waals surface area (Å²) in [5, 5.41) is 7.22. The zero-order valence-electron chi connectivity index (χ0n) is 6.39. The van der Waals surface area contributed by atoms with E-state index in [4.69, 9.17) is 0 Å². The molecule has 9 heavy (non-hydrogen) atoms. The highest BCUT2D eigenvalue weighted by molar-refractivity contribution is 5.81. The molecular weight excluding hydrogens is 112 g/mol. The van der Waals surface area contributed by atoms with Crippen LogP contribution in [-0.4, -0.2) is 12.4 Å². The molecule has 2 nitrogen and oxygen atoms in total. The van der Waals surface area contributed by atoms with Crippen molar-refractivity contribution in [2.45, 2.75) is 27.2 Å². The molecule has 0 saturated carbocycles. The van der Waals surface area contributed by atoms with Gasteiger partial charge in [-0.15, -0.1) is 0 Å². The minimum Gasteiger partial charge on any atom is -0.167 e. The van der Waals surface area contributed by atoms with Gasteiger partial charge in [-0.2, -0.15) is 10.2 Å². The first-order valence-electron chi connectivity index (χ1n) is 3.16. The van der Waals surface area contributed by atoms with Gasteiger partial charge in [-0.25, -0.2) is 0 Å². The minimum atomic E-state index is 0.662. The lowest BCUT2D eigenvalue weighted by Crippen LogP contribution is -1.96. The Bertz CT molecular complexity index is 114. The Hall–Kier alpha value is -0.660. The fourth-order valence-electron chi connectivity index (χ4n) is 0.752. The standard InChI is InChI=1S/C7H14N2/c1-6(2)5-7(3)9-8-4/h6H,4-5H2,1-3H3/b9-7+. The predicted molar refractivity (Wildman–Crippen MR) is 42.1 cm³/mol. The Morgan fingerprint density at radius 1 is 1.56 bits per heavy atom. The zero-order valence-corrected chi connectivity index (χ0v) is 6.39. The lowest BCUT2D eigenvalue weighted by atomic mass is 10.1. The summed E-state index contributed by atoms with van der Waals surface area (Å²) < 4.78 is 0. The Morgan fingerprint density at radius 2 is 2.11 bits per heavy atom. The molecule has 0 aliphatic rings. The summed E-state index contributed by atoms with van der Waals surface area (Å²) >= 11 is 0. The van der Waals surface area contributed by atoms with E-state index in [0.29, 0.717) is 5.92 Å². The first-order chi connectivity index (χ1) is 4.16. The third-order valence-corrected chi connectivity index (χ3v) is 0.945. The Morgan fingerprint density at radius 3 is 2.44 bits per heavy atom. The van der Waals surface area contributed by atoms with Crippen LogP contribution in [0.2, 0.25) is 0 Å². The lowest BCUT2D eigenvalue weighted by Gasteiger charge is -2.00. The van der Waals surface area contributed by atoms with E-state index in [9.17, 15) is 0 Å². The van der Waals surface area contributed by atoms with Crippen molar-refractivity contribution < 1.29 is 0 Å². The Balaban J connectivity index is 3.61. The smallest absolute Gasteiger partial charge is 0.0377 e. The monoisotopic (exact) mass is 126 g/mol. The van der Waals surface area contributed by atoms with Crippen LogP contribution in [0.15, 0.2) is 10.2 Å². The first-order valence-corrected chi connectivity index (χ1v) is 3.16. The molecule has 0 heterocycles.